The van der Waals surface area contributed by atoms with E-state index in [0.717, 1.165) is 11.1 Å². The van der Waals surface area contributed by atoms with Crippen LogP contribution in [0.1, 0.15) is 27.0 Å². The van der Waals surface area contributed by atoms with Gasteiger partial charge in [0.05, 0.1) is 17.4 Å². The fourth-order valence-electron chi connectivity index (χ4n) is 2.00. The highest BCUT2D eigenvalue weighted by Gasteiger charge is 2.11. The van der Waals surface area contributed by atoms with Crippen molar-refractivity contribution in [3.8, 4) is 6.07 Å². The molecule has 2 rings (SSSR count). The number of ketones is 1. The minimum absolute atomic E-state index is 0.000157. The Balaban J connectivity index is 1.98. The van der Waals surface area contributed by atoms with E-state index in [-0.39, 0.29) is 11.5 Å². The summed E-state index contributed by atoms with van der Waals surface area (Å²) in [6.07, 6.45) is 0. The molecule has 0 aliphatic heterocycles. The maximum Gasteiger partial charge on any atom is 0.175 e. The number of nitrogens with zero attached hydrogens (tertiary/aromatic N) is 1. The fourth-order valence-corrected chi connectivity index (χ4v) is 3.11. The molecule has 0 bridgehead atoms. The second-order valence-electron chi connectivity index (χ2n) is 4.83. The van der Waals surface area contributed by atoms with E-state index >= 15 is 0 Å². The Labute approximate surface area is 126 Å². The second-order valence-corrected chi connectivity index (χ2v) is 6.29. The van der Waals surface area contributed by atoms with Crippen molar-refractivity contribution in [2.45, 2.75) is 12.7 Å². The van der Waals surface area contributed by atoms with Crippen LogP contribution < -0.4 is 0 Å². The SMILES string of the molecule is Cc1cccc(CS(=O)CC(=O)c2ccc(C#N)cc2)c1. The normalized spacial score (nSPS) is 11.6. The lowest BCUT2D eigenvalue weighted by Gasteiger charge is -2.04. The van der Waals surface area contributed by atoms with Crippen molar-refractivity contribution in [1.29, 1.82) is 5.26 Å². The van der Waals surface area contributed by atoms with Gasteiger partial charge in [-0.3, -0.25) is 9.00 Å². The van der Waals surface area contributed by atoms with Crippen molar-refractivity contribution in [1.82, 2.24) is 0 Å². The minimum Gasteiger partial charge on any atom is -0.293 e. The number of hydrogen-bond donors (Lipinski definition) is 0. The van der Waals surface area contributed by atoms with Crippen LogP contribution in [0.25, 0.3) is 0 Å². The lowest BCUT2D eigenvalue weighted by atomic mass is 10.1. The highest BCUT2D eigenvalue weighted by Crippen LogP contribution is 2.09. The summed E-state index contributed by atoms with van der Waals surface area (Å²) in [7, 11) is -1.23. The van der Waals surface area contributed by atoms with Gasteiger partial charge in [0, 0.05) is 22.1 Å². The number of carbonyl (C=O) groups excluding carboxylic acids is 1. The van der Waals surface area contributed by atoms with E-state index in [1.54, 1.807) is 24.3 Å². The quantitative estimate of drug-likeness (QED) is 0.797. The monoisotopic (exact) mass is 297 g/mol. The molecule has 21 heavy (non-hydrogen) atoms. The van der Waals surface area contributed by atoms with Gasteiger partial charge in [-0.25, -0.2) is 0 Å². The van der Waals surface area contributed by atoms with Crippen LogP contribution in [-0.2, 0) is 16.6 Å². The predicted molar refractivity (Wildman–Crippen MR) is 83.4 cm³/mol. The third-order valence-corrected chi connectivity index (χ3v) is 4.28. The number of aryl methyl sites for hydroxylation is 1. The largest absolute Gasteiger partial charge is 0.293 e. The van der Waals surface area contributed by atoms with Crippen molar-refractivity contribution in [2.24, 2.45) is 0 Å². The molecule has 0 radical (unpaired) electrons. The van der Waals surface area contributed by atoms with E-state index in [1.165, 1.54) is 0 Å². The molecule has 0 saturated heterocycles. The van der Waals surface area contributed by atoms with Crippen LogP contribution in [0.2, 0.25) is 0 Å². The van der Waals surface area contributed by atoms with Gasteiger partial charge in [0.25, 0.3) is 0 Å². The Kier molecular flexibility index (Phi) is 5.02. The van der Waals surface area contributed by atoms with Crippen molar-refractivity contribution >= 4 is 16.6 Å². The number of hydrogen-bond acceptors (Lipinski definition) is 3. The van der Waals surface area contributed by atoms with Gasteiger partial charge in [-0.2, -0.15) is 5.26 Å². The number of Topliss-reactive ketones (excluding diaryl/α,β-unsaturated/α-hetero) is 1. The maximum atomic E-state index is 12.1. The van der Waals surface area contributed by atoms with E-state index in [1.807, 2.05) is 37.3 Å². The molecule has 0 spiro atoms. The van der Waals surface area contributed by atoms with Crippen molar-refractivity contribution < 1.29 is 9.00 Å². The maximum absolute atomic E-state index is 12.1. The lowest BCUT2D eigenvalue weighted by molar-refractivity contribution is 0.102. The molecule has 0 aliphatic rings. The zero-order valence-corrected chi connectivity index (χ0v) is 12.5. The Bertz CT molecular complexity index is 714. The van der Waals surface area contributed by atoms with Crippen molar-refractivity contribution in [3.63, 3.8) is 0 Å². The molecule has 0 heterocycles. The molecular weight excluding hydrogens is 282 g/mol. The van der Waals surface area contributed by atoms with Crippen LogP contribution in [0.5, 0.6) is 0 Å². The van der Waals surface area contributed by atoms with Gasteiger partial charge in [0.2, 0.25) is 0 Å². The summed E-state index contributed by atoms with van der Waals surface area (Å²) in [4.78, 5) is 12.0. The smallest absolute Gasteiger partial charge is 0.175 e. The molecule has 1 atom stereocenters. The van der Waals surface area contributed by atoms with Gasteiger partial charge in [-0.05, 0) is 24.6 Å². The molecule has 1 unspecified atom stereocenters. The van der Waals surface area contributed by atoms with Crippen LogP contribution in [0.4, 0.5) is 0 Å². The number of nitriles is 1. The zero-order chi connectivity index (χ0) is 15.2. The minimum atomic E-state index is -1.23. The van der Waals surface area contributed by atoms with E-state index in [0.29, 0.717) is 16.9 Å². The standard InChI is InChI=1S/C17H15NO2S/c1-13-3-2-4-15(9-13)11-21(20)12-17(19)16-7-5-14(10-18)6-8-16/h2-9H,11-12H2,1H3. The van der Waals surface area contributed by atoms with Crippen LogP contribution in [0, 0.1) is 18.3 Å². The Morgan fingerprint density at radius 3 is 2.52 bits per heavy atom. The third kappa shape index (κ3) is 4.37. The van der Waals surface area contributed by atoms with Gasteiger partial charge in [-0.15, -0.1) is 0 Å². The van der Waals surface area contributed by atoms with Crippen LogP contribution in [0.15, 0.2) is 48.5 Å². The number of carbonyl (C=O) groups is 1. The Hall–Kier alpha value is -2.25. The first-order valence-corrected chi connectivity index (χ1v) is 8.01. The summed E-state index contributed by atoms with van der Waals surface area (Å²) < 4.78 is 12.1. The first-order chi connectivity index (χ1) is 10.1. The molecule has 2 aromatic carbocycles. The Morgan fingerprint density at radius 1 is 1.19 bits per heavy atom. The van der Waals surface area contributed by atoms with Gasteiger partial charge < -0.3 is 0 Å². The van der Waals surface area contributed by atoms with Crippen molar-refractivity contribution in [3.05, 3.63) is 70.8 Å². The molecule has 0 amide bonds. The molecule has 0 aliphatic carbocycles. The topological polar surface area (TPSA) is 57.9 Å². The summed E-state index contributed by atoms with van der Waals surface area (Å²) in [5, 5.41) is 8.72. The third-order valence-electron chi connectivity index (χ3n) is 3.04. The van der Waals surface area contributed by atoms with E-state index in [9.17, 15) is 9.00 Å². The molecule has 0 saturated carbocycles. The van der Waals surface area contributed by atoms with Crippen LogP contribution >= 0.6 is 0 Å². The molecule has 0 N–H and O–H groups in total. The molecular formula is C17H15NO2S. The number of rotatable bonds is 5. The average molecular weight is 297 g/mol. The van der Waals surface area contributed by atoms with E-state index in [2.05, 4.69) is 0 Å². The summed E-state index contributed by atoms with van der Waals surface area (Å²) in [6, 6.07) is 16.2. The molecule has 2 aromatic rings. The lowest BCUT2D eigenvalue weighted by Crippen LogP contribution is -2.12. The first kappa shape index (κ1) is 15.1. The molecule has 0 aromatic heterocycles. The van der Waals surface area contributed by atoms with Gasteiger partial charge >= 0.3 is 0 Å². The van der Waals surface area contributed by atoms with Gasteiger partial charge in [0.1, 0.15) is 0 Å². The van der Waals surface area contributed by atoms with Gasteiger partial charge in [0.15, 0.2) is 5.78 Å². The van der Waals surface area contributed by atoms with Crippen LogP contribution in [-0.4, -0.2) is 15.7 Å². The summed E-state index contributed by atoms with van der Waals surface area (Å²) in [6.45, 7) is 1.98. The van der Waals surface area contributed by atoms with Crippen molar-refractivity contribution in [2.75, 3.05) is 5.75 Å². The second kappa shape index (κ2) is 6.96. The van der Waals surface area contributed by atoms with E-state index < -0.39 is 10.8 Å². The summed E-state index contributed by atoms with van der Waals surface area (Å²) >= 11 is 0. The van der Waals surface area contributed by atoms with Gasteiger partial charge in [-0.1, -0.05) is 42.0 Å². The number of benzene rings is 2. The summed E-state index contributed by atoms with van der Waals surface area (Å²) in [5.74, 6) is 0.217. The molecule has 0 fully saturated rings. The molecule has 4 heteroatoms. The molecule has 106 valence electrons. The van der Waals surface area contributed by atoms with E-state index in [4.69, 9.17) is 5.26 Å². The predicted octanol–water partition coefficient (Wildman–Crippen LogP) is 3.00. The average Bonchev–Trinajstić information content (AvgIpc) is 2.47. The van der Waals surface area contributed by atoms with Crippen LogP contribution in [0.3, 0.4) is 0 Å². The Morgan fingerprint density at radius 2 is 1.90 bits per heavy atom. The molecule has 3 nitrogen and oxygen atoms in total. The zero-order valence-electron chi connectivity index (χ0n) is 11.7. The highest BCUT2D eigenvalue weighted by atomic mass is 32.2. The summed E-state index contributed by atoms with van der Waals surface area (Å²) in [5.41, 5.74) is 3.09. The first-order valence-electron chi connectivity index (χ1n) is 6.52. The fraction of sp³-hybridized carbons (Fsp3) is 0.176. The highest BCUT2D eigenvalue weighted by molar-refractivity contribution is 7.85.